The second-order valence-corrected chi connectivity index (χ2v) is 7.87. The Hall–Kier alpha value is -0.910. The average molecular weight is 305 g/mol. The van der Waals surface area contributed by atoms with Crippen molar-refractivity contribution in [3.8, 4) is 0 Å². The van der Waals surface area contributed by atoms with E-state index in [0.29, 0.717) is 11.3 Å². The third kappa shape index (κ3) is 3.05. The number of aryl methyl sites for hydroxylation is 1. The highest BCUT2D eigenvalue weighted by Gasteiger charge is 2.30. The first-order chi connectivity index (χ1) is 9.74. The average Bonchev–Trinajstić information content (AvgIpc) is 2.85. The lowest BCUT2D eigenvalue weighted by Gasteiger charge is -2.39. The van der Waals surface area contributed by atoms with Crippen LogP contribution in [0.1, 0.15) is 28.5 Å². The summed E-state index contributed by atoms with van der Waals surface area (Å²) in [5.74, 6) is 1.20. The summed E-state index contributed by atoms with van der Waals surface area (Å²) in [4.78, 5) is 2.55. The minimum absolute atomic E-state index is 0.471. The lowest BCUT2D eigenvalue weighted by atomic mass is 10.0. The second-order valence-electron chi connectivity index (χ2n) is 5.12. The Morgan fingerprint density at radius 2 is 2.05 bits per heavy atom. The van der Waals surface area contributed by atoms with Crippen LogP contribution in [0.15, 0.2) is 30.3 Å². The summed E-state index contributed by atoms with van der Waals surface area (Å²) in [5, 5.41) is 11.2. The van der Waals surface area contributed by atoms with Gasteiger partial charge in [0, 0.05) is 23.6 Å². The van der Waals surface area contributed by atoms with Crippen molar-refractivity contribution in [2.75, 3.05) is 12.3 Å². The topological polar surface area (TPSA) is 29.0 Å². The van der Waals surface area contributed by atoms with Gasteiger partial charge in [-0.15, -0.1) is 21.5 Å². The van der Waals surface area contributed by atoms with E-state index in [1.807, 2.05) is 6.92 Å². The van der Waals surface area contributed by atoms with Gasteiger partial charge in [0.15, 0.2) is 0 Å². The van der Waals surface area contributed by atoms with E-state index in [1.165, 1.54) is 11.3 Å². The molecule has 1 aliphatic heterocycles. The number of aromatic nitrogens is 2. The maximum Gasteiger partial charge on any atom is 0.131 e. The summed E-state index contributed by atoms with van der Waals surface area (Å²) in [6.45, 7) is 6.38. The van der Waals surface area contributed by atoms with Crippen LogP contribution in [0.3, 0.4) is 0 Å². The fourth-order valence-corrected chi connectivity index (χ4v) is 4.73. The molecule has 5 heteroatoms. The van der Waals surface area contributed by atoms with E-state index in [9.17, 15) is 0 Å². The standard InChI is InChI=1S/C15H19N3S2/c1-11-15(13-6-4-3-5-7-13)18(8-9-19-11)10-14-17-16-12(2)20-14/h3-7,11,15H,8-10H2,1-2H3/t11-,15+/m0/s1. The van der Waals surface area contributed by atoms with Gasteiger partial charge in [0.1, 0.15) is 10.0 Å². The third-order valence-corrected chi connectivity index (χ3v) is 5.67. The normalized spacial score (nSPS) is 23.9. The molecule has 2 heterocycles. The van der Waals surface area contributed by atoms with E-state index in [4.69, 9.17) is 0 Å². The maximum absolute atomic E-state index is 4.28. The Morgan fingerprint density at radius 3 is 2.75 bits per heavy atom. The van der Waals surface area contributed by atoms with Gasteiger partial charge in [-0.1, -0.05) is 37.3 Å². The van der Waals surface area contributed by atoms with Crippen LogP contribution in [0.4, 0.5) is 0 Å². The molecule has 0 radical (unpaired) electrons. The molecule has 20 heavy (non-hydrogen) atoms. The highest BCUT2D eigenvalue weighted by molar-refractivity contribution is 8.00. The van der Waals surface area contributed by atoms with Gasteiger partial charge in [-0.05, 0) is 12.5 Å². The first-order valence-corrected chi connectivity index (χ1v) is 8.80. The van der Waals surface area contributed by atoms with Crippen LogP contribution in [0, 0.1) is 6.92 Å². The predicted octanol–water partition coefficient (Wildman–Crippen LogP) is 3.53. The van der Waals surface area contributed by atoms with E-state index >= 15 is 0 Å². The highest BCUT2D eigenvalue weighted by Crippen LogP contribution is 2.36. The van der Waals surface area contributed by atoms with Crippen LogP contribution < -0.4 is 0 Å². The Kier molecular flexibility index (Phi) is 4.38. The van der Waals surface area contributed by atoms with E-state index in [-0.39, 0.29) is 0 Å². The van der Waals surface area contributed by atoms with Crippen LogP contribution in [0.25, 0.3) is 0 Å². The van der Waals surface area contributed by atoms with Gasteiger partial charge < -0.3 is 0 Å². The van der Waals surface area contributed by atoms with Crippen molar-refractivity contribution in [3.05, 3.63) is 45.9 Å². The molecule has 1 aliphatic rings. The van der Waals surface area contributed by atoms with Gasteiger partial charge in [-0.3, -0.25) is 4.90 Å². The molecular formula is C15H19N3S2. The van der Waals surface area contributed by atoms with Crippen LogP contribution >= 0.6 is 23.1 Å². The predicted molar refractivity (Wildman–Crippen MR) is 86.2 cm³/mol. The minimum atomic E-state index is 0.471. The third-order valence-electron chi connectivity index (χ3n) is 3.64. The van der Waals surface area contributed by atoms with Crippen LogP contribution in [-0.2, 0) is 6.54 Å². The number of nitrogens with zero attached hydrogens (tertiary/aromatic N) is 3. The molecule has 3 nitrogen and oxygen atoms in total. The van der Waals surface area contributed by atoms with E-state index in [1.54, 1.807) is 11.3 Å². The van der Waals surface area contributed by atoms with Crippen molar-refractivity contribution < 1.29 is 0 Å². The van der Waals surface area contributed by atoms with Crippen LogP contribution in [0.2, 0.25) is 0 Å². The Labute approximate surface area is 128 Å². The zero-order valence-electron chi connectivity index (χ0n) is 11.8. The quantitative estimate of drug-likeness (QED) is 0.867. The first kappa shape index (κ1) is 14.0. The Balaban J connectivity index is 1.83. The number of benzene rings is 1. The van der Waals surface area contributed by atoms with Gasteiger partial charge in [0.25, 0.3) is 0 Å². The Morgan fingerprint density at radius 1 is 1.25 bits per heavy atom. The SMILES string of the molecule is Cc1nnc(CN2CCS[C@@H](C)[C@@H]2c2ccccc2)s1. The molecule has 0 saturated carbocycles. The van der Waals surface area contributed by atoms with E-state index in [0.717, 1.165) is 23.1 Å². The van der Waals surface area contributed by atoms with Crippen molar-refractivity contribution in [1.29, 1.82) is 0 Å². The number of hydrogen-bond acceptors (Lipinski definition) is 5. The number of rotatable bonds is 3. The summed E-state index contributed by atoms with van der Waals surface area (Å²) in [6, 6.07) is 11.3. The molecule has 1 aromatic heterocycles. The largest absolute Gasteiger partial charge is 0.288 e. The molecule has 0 amide bonds. The zero-order valence-corrected chi connectivity index (χ0v) is 13.5. The fourth-order valence-electron chi connectivity index (χ4n) is 2.77. The molecule has 1 aromatic carbocycles. The minimum Gasteiger partial charge on any atom is -0.288 e. The van der Waals surface area contributed by atoms with Crippen molar-refractivity contribution in [2.45, 2.75) is 31.7 Å². The maximum atomic E-state index is 4.28. The van der Waals surface area contributed by atoms with Gasteiger partial charge >= 0.3 is 0 Å². The zero-order chi connectivity index (χ0) is 13.9. The second kappa shape index (κ2) is 6.24. The molecule has 0 spiro atoms. The lowest BCUT2D eigenvalue weighted by molar-refractivity contribution is 0.191. The van der Waals surface area contributed by atoms with Crippen LogP contribution in [-0.4, -0.2) is 32.6 Å². The molecule has 3 rings (SSSR count). The number of hydrogen-bond donors (Lipinski definition) is 0. The van der Waals surface area contributed by atoms with E-state index < -0.39 is 0 Å². The first-order valence-electron chi connectivity index (χ1n) is 6.93. The highest BCUT2D eigenvalue weighted by atomic mass is 32.2. The van der Waals surface area contributed by atoms with Gasteiger partial charge in [0.05, 0.1) is 6.54 Å². The summed E-state index contributed by atoms with van der Waals surface area (Å²) < 4.78 is 0. The smallest absolute Gasteiger partial charge is 0.131 e. The summed E-state index contributed by atoms with van der Waals surface area (Å²) in [6.07, 6.45) is 0. The molecule has 0 bridgehead atoms. The molecule has 0 unspecified atom stereocenters. The molecule has 1 saturated heterocycles. The van der Waals surface area contributed by atoms with Crippen molar-refractivity contribution in [2.24, 2.45) is 0 Å². The molecule has 1 fully saturated rings. The fraction of sp³-hybridized carbons (Fsp3) is 0.467. The van der Waals surface area contributed by atoms with Gasteiger partial charge in [-0.2, -0.15) is 11.8 Å². The van der Waals surface area contributed by atoms with Crippen molar-refractivity contribution in [3.63, 3.8) is 0 Å². The van der Waals surface area contributed by atoms with Crippen molar-refractivity contribution in [1.82, 2.24) is 15.1 Å². The Bertz CT molecular complexity index is 555. The molecule has 2 aromatic rings. The monoisotopic (exact) mass is 305 g/mol. The summed E-state index contributed by atoms with van der Waals surface area (Å²) >= 11 is 3.78. The number of thioether (sulfide) groups is 1. The molecular weight excluding hydrogens is 286 g/mol. The van der Waals surface area contributed by atoms with Gasteiger partial charge in [-0.25, -0.2) is 0 Å². The molecule has 0 N–H and O–H groups in total. The summed E-state index contributed by atoms with van der Waals surface area (Å²) in [5.41, 5.74) is 1.41. The molecule has 106 valence electrons. The van der Waals surface area contributed by atoms with Gasteiger partial charge in [0.2, 0.25) is 0 Å². The summed E-state index contributed by atoms with van der Waals surface area (Å²) in [7, 11) is 0. The molecule has 2 atom stereocenters. The molecule has 0 aliphatic carbocycles. The lowest BCUT2D eigenvalue weighted by Crippen LogP contribution is -2.39. The van der Waals surface area contributed by atoms with Crippen LogP contribution in [0.5, 0.6) is 0 Å². The van der Waals surface area contributed by atoms with Crippen molar-refractivity contribution >= 4 is 23.1 Å². The van der Waals surface area contributed by atoms with E-state index in [2.05, 4.69) is 64.1 Å².